The Labute approximate surface area is 170 Å². The zero-order valence-corrected chi connectivity index (χ0v) is 16.9. The maximum absolute atomic E-state index is 13.3. The molecule has 0 bridgehead atoms. The van der Waals surface area contributed by atoms with Crippen LogP contribution in [-0.4, -0.2) is 52.7 Å². The molecule has 2 aliphatic carbocycles. The number of amides is 4. The highest BCUT2D eigenvalue weighted by Crippen LogP contribution is 2.32. The molecule has 154 valence electrons. The van der Waals surface area contributed by atoms with E-state index in [9.17, 15) is 14.4 Å². The lowest BCUT2D eigenvalue weighted by Crippen LogP contribution is -2.58. The molecule has 1 atom stereocenters. The summed E-state index contributed by atoms with van der Waals surface area (Å²) in [5.41, 5.74) is 1.43. The summed E-state index contributed by atoms with van der Waals surface area (Å²) in [4.78, 5) is 40.5. The van der Waals surface area contributed by atoms with E-state index in [1.165, 1.54) is 4.90 Å². The first-order chi connectivity index (χ1) is 14.1. The summed E-state index contributed by atoms with van der Waals surface area (Å²) >= 11 is 0. The second-order valence-electron chi connectivity index (χ2n) is 8.09. The van der Waals surface area contributed by atoms with Crippen molar-refractivity contribution in [1.29, 1.82) is 0 Å². The number of nitrogens with one attached hydrogen (secondary N) is 1. The van der Waals surface area contributed by atoms with Crippen LogP contribution in [-0.2, 0) is 9.59 Å². The molecule has 4 rings (SSSR count). The van der Waals surface area contributed by atoms with Gasteiger partial charge in [-0.25, -0.2) is 4.79 Å². The Morgan fingerprint density at radius 1 is 1.17 bits per heavy atom. The van der Waals surface area contributed by atoms with Gasteiger partial charge >= 0.3 is 11.9 Å². The van der Waals surface area contributed by atoms with Crippen molar-refractivity contribution in [2.75, 3.05) is 19.0 Å². The Kier molecular flexibility index (Phi) is 5.65. The van der Waals surface area contributed by atoms with E-state index in [1.807, 2.05) is 0 Å². The van der Waals surface area contributed by atoms with Gasteiger partial charge < -0.3 is 10.1 Å². The number of ether oxygens (including phenoxy) is 1. The maximum atomic E-state index is 13.3. The average molecular weight is 398 g/mol. The Morgan fingerprint density at radius 2 is 1.97 bits per heavy atom. The van der Waals surface area contributed by atoms with E-state index in [0.717, 1.165) is 50.7 Å². The van der Waals surface area contributed by atoms with Crippen molar-refractivity contribution in [2.24, 2.45) is 5.92 Å². The topological polar surface area (TPSA) is 78.7 Å². The van der Waals surface area contributed by atoms with Crippen molar-refractivity contribution in [3.05, 3.63) is 24.3 Å². The maximum Gasteiger partial charge on any atom is 0.501 e. The minimum absolute atomic E-state index is 0.0326. The molecular formula is C22H28N3O4+. The largest absolute Gasteiger partial charge is 0.501 e. The zero-order valence-electron chi connectivity index (χ0n) is 16.9. The molecule has 2 fully saturated rings. The molecule has 1 unspecified atom stereocenters. The number of benzene rings is 1. The highest BCUT2D eigenvalue weighted by molar-refractivity contribution is 6.12. The van der Waals surface area contributed by atoms with Crippen LogP contribution in [0.1, 0.15) is 51.4 Å². The fourth-order valence-electron chi connectivity index (χ4n) is 4.82. The summed E-state index contributed by atoms with van der Waals surface area (Å²) in [5.74, 6) is 0.0666. The first-order valence-corrected chi connectivity index (χ1v) is 10.5. The van der Waals surface area contributed by atoms with E-state index >= 15 is 0 Å². The van der Waals surface area contributed by atoms with Crippen molar-refractivity contribution in [3.8, 4) is 5.75 Å². The predicted molar refractivity (Wildman–Crippen MR) is 108 cm³/mol. The number of hydrogen-bond donors (Lipinski definition) is 1. The van der Waals surface area contributed by atoms with Crippen molar-refractivity contribution >= 4 is 29.2 Å². The quantitative estimate of drug-likeness (QED) is 0.773. The van der Waals surface area contributed by atoms with Crippen molar-refractivity contribution in [1.82, 2.24) is 4.90 Å². The highest BCUT2D eigenvalue weighted by atomic mass is 16.5. The first kappa shape index (κ1) is 19.6. The lowest BCUT2D eigenvalue weighted by Gasteiger charge is -2.31. The average Bonchev–Trinajstić information content (AvgIpc) is 3.22. The molecule has 0 spiro atoms. The van der Waals surface area contributed by atoms with Gasteiger partial charge in [-0.1, -0.05) is 12.5 Å². The molecular weight excluding hydrogens is 370 g/mol. The summed E-state index contributed by atoms with van der Waals surface area (Å²) in [5, 5.41) is 2.84. The van der Waals surface area contributed by atoms with Crippen molar-refractivity contribution in [3.63, 3.8) is 0 Å². The summed E-state index contributed by atoms with van der Waals surface area (Å²) in [6.45, 7) is -0.0711. The number of rotatable bonds is 5. The Balaban J connectivity index is 1.55. The number of carbonyl (C=O) groups is 3. The van der Waals surface area contributed by atoms with E-state index in [0.29, 0.717) is 17.9 Å². The molecule has 0 aromatic heterocycles. The van der Waals surface area contributed by atoms with Crippen LogP contribution >= 0.6 is 0 Å². The smallest absolute Gasteiger partial charge is 0.497 e. The number of imide groups is 1. The van der Waals surface area contributed by atoms with Gasteiger partial charge in [-0.3, -0.25) is 4.79 Å². The van der Waals surface area contributed by atoms with Crippen LogP contribution in [0.5, 0.6) is 5.75 Å². The lowest BCUT2D eigenvalue weighted by molar-refractivity contribution is -0.430. The molecule has 1 aliphatic heterocycles. The zero-order chi connectivity index (χ0) is 20.4. The van der Waals surface area contributed by atoms with Crippen molar-refractivity contribution in [2.45, 2.75) is 57.4 Å². The molecule has 1 heterocycles. The van der Waals surface area contributed by atoms with Gasteiger partial charge in [0.25, 0.3) is 5.91 Å². The van der Waals surface area contributed by atoms with E-state index in [1.54, 1.807) is 36.0 Å². The van der Waals surface area contributed by atoms with Crippen LogP contribution in [0.3, 0.4) is 0 Å². The normalized spacial score (nSPS) is 22.7. The summed E-state index contributed by atoms with van der Waals surface area (Å²) in [7, 11) is 1.57. The number of anilines is 1. The van der Waals surface area contributed by atoms with Gasteiger partial charge in [-0.05, 0) is 50.7 Å². The Morgan fingerprint density at radius 3 is 2.72 bits per heavy atom. The number of nitrogens with zero attached hydrogens (tertiary/aromatic N) is 2. The standard InChI is InChI=1S/C22H27N3O4/c1-29-17-10-5-7-15(13-17)23-20(26)14-24-19-12-6-11-18(19)21(27)25(22(24)28)16-8-3-2-4-9-16/h5,7,10,13,16,18H,2-4,6,8-9,11-12,14H2,1H3/p+1. The van der Waals surface area contributed by atoms with Crippen LogP contribution in [0.4, 0.5) is 10.5 Å². The van der Waals surface area contributed by atoms with Crippen LogP contribution in [0.15, 0.2) is 24.3 Å². The number of carbonyl (C=O) groups excluding carboxylic acids is 3. The molecule has 0 radical (unpaired) electrons. The number of hydrogen-bond acceptors (Lipinski definition) is 4. The number of methoxy groups -OCH3 is 1. The van der Waals surface area contributed by atoms with E-state index in [2.05, 4.69) is 5.32 Å². The van der Waals surface area contributed by atoms with Gasteiger partial charge in [0.05, 0.1) is 12.8 Å². The molecule has 1 aromatic carbocycles. The van der Waals surface area contributed by atoms with Crippen LogP contribution in [0.2, 0.25) is 0 Å². The molecule has 3 aliphatic rings. The van der Waals surface area contributed by atoms with Crippen LogP contribution in [0, 0.1) is 5.92 Å². The van der Waals surface area contributed by atoms with Crippen LogP contribution < -0.4 is 10.1 Å². The first-order valence-electron chi connectivity index (χ1n) is 10.5. The fourth-order valence-corrected chi connectivity index (χ4v) is 4.82. The van der Waals surface area contributed by atoms with Gasteiger partial charge in [0.2, 0.25) is 0 Å². The van der Waals surface area contributed by atoms with E-state index in [-0.39, 0.29) is 36.3 Å². The van der Waals surface area contributed by atoms with Gasteiger partial charge in [0.1, 0.15) is 17.7 Å². The number of fused-ring (bicyclic) bond motifs is 1. The summed E-state index contributed by atoms with van der Waals surface area (Å²) < 4.78 is 6.75. The Hall–Kier alpha value is -2.70. The summed E-state index contributed by atoms with van der Waals surface area (Å²) in [6, 6.07) is 6.76. The minimum atomic E-state index is -0.323. The van der Waals surface area contributed by atoms with Gasteiger partial charge in [0.15, 0.2) is 6.54 Å². The molecule has 1 N–H and O–H groups in total. The third kappa shape index (κ3) is 3.91. The van der Waals surface area contributed by atoms with E-state index in [4.69, 9.17) is 4.74 Å². The molecule has 4 amide bonds. The molecule has 0 saturated heterocycles. The lowest BCUT2D eigenvalue weighted by atomic mass is 9.92. The molecule has 29 heavy (non-hydrogen) atoms. The Bertz CT molecular complexity index is 857. The molecule has 7 nitrogen and oxygen atoms in total. The number of urea groups is 1. The molecule has 7 heteroatoms. The molecule has 1 aromatic rings. The second kappa shape index (κ2) is 8.35. The highest BCUT2D eigenvalue weighted by Gasteiger charge is 2.52. The van der Waals surface area contributed by atoms with Crippen molar-refractivity contribution < 1.29 is 23.7 Å². The van der Waals surface area contributed by atoms with Gasteiger partial charge in [0, 0.05) is 18.2 Å². The minimum Gasteiger partial charge on any atom is -0.497 e. The predicted octanol–water partition coefficient (Wildman–Crippen LogP) is 3.18. The summed E-state index contributed by atoms with van der Waals surface area (Å²) in [6.07, 6.45) is 7.31. The molecule has 2 saturated carbocycles. The monoisotopic (exact) mass is 398 g/mol. The van der Waals surface area contributed by atoms with E-state index < -0.39 is 0 Å². The van der Waals surface area contributed by atoms with Gasteiger partial charge in [-0.2, -0.15) is 14.3 Å². The fraction of sp³-hybridized carbons (Fsp3) is 0.545. The van der Waals surface area contributed by atoms with Gasteiger partial charge in [-0.15, -0.1) is 0 Å². The SMILES string of the molecule is COc1cccc(NC(=O)C[N+]2=C3CCCC3C(=O)N(C3CCCCC3)C2=O)c1. The van der Waals surface area contributed by atoms with Crippen LogP contribution in [0.25, 0.3) is 0 Å². The third-order valence-corrected chi connectivity index (χ3v) is 6.24. The second-order valence-corrected chi connectivity index (χ2v) is 8.09. The third-order valence-electron chi connectivity index (χ3n) is 6.24.